The van der Waals surface area contributed by atoms with Crippen molar-refractivity contribution >= 4 is 0 Å². The minimum Gasteiger partial charge on any atom is -0.494 e. The summed E-state index contributed by atoms with van der Waals surface area (Å²) in [5.74, 6) is -0.360. The molecule has 0 spiro atoms. The molecular weight excluding hydrogens is 279 g/mol. The summed E-state index contributed by atoms with van der Waals surface area (Å²) in [5, 5.41) is 3.26. The van der Waals surface area contributed by atoms with Crippen molar-refractivity contribution in [2.45, 2.75) is 51.4 Å². The Morgan fingerprint density at radius 3 is 2.71 bits per heavy atom. The van der Waals surface area contributed by atoms with Crippen LogP contribution in [0.25, 0.3) is 0 Å². The molecule has 2 atom stereocenters. The average Bonchev–Trinajstić information content (AvgIpc) is 2.46. The van der Waals surface area contributed by atoms with E-state index in [2.05, 4.69) is 5.32 Å². The Morgan fingerprint density at radius 1 is 1.24 bits per heavy atom. The molecule has 0 bridgehead atoms. The summed E-state index contributed by atoms with van der Waals surface area (Å²) in [6, 6.07) is 7.58. The first-order valence-electron chi connectivity index (χ1n) is 7.51. The number of rotatable bonds is 5. The molecule has 0 saturated heterocycles. The largest absolute Gasteiger partial charge is 0.494 e. The van der Waals surface area contributed by atoms with Gasteiger partial charge in [-0.3, -0.25) is 0 Å². The van der Waals surface area contributed by atoms with Crippen LogP contribution in [0.3, 0.4) is 0 Å². The summed E-state index contributed by atoms with van der Waals surface area (Å²) in [6.45, 7) is 3.04. The number of hydrogen-bond donors (Lipinski definition) is 1. The zero-order chi connectivity index (χ0) is 15.3. The summed E-state index contributed by atoms with van der Waals surface area (Å²) >= 11 is 0. The van der Waals surface area contributed by atoms with Gasteiger partial charge in [-0.15, -0.1) is 0 Å². The van der Waals surface area contributed by atoms with E-state index in [0.717, 1.165) is 17.7 Å². The monoisotopic (exact) mass is 301 g/mol. The fourth-order valence-corrected chi connectivity index (χ4v) is 2.87. The molecule has 2 rings (SSSR count). The third-order valence-corrected chi connectivity index (χ3v) is 3.99. The minimum absolute atomic E-state index is 0.0694. The third-order valence-electron chi connectivity index (χ3n) is 3.99. The smallest absolute Gasteiger partial charge is 0.391 e. The van der Waals surface area contributed by atoms with Gasteiger partial charge in [-0.2, -0.15) is 13.2 Å². The van der Waals surface area contributed by atoms with E-state index in [4.69, 9.17) is 4.74 Å². The highest BCUT2D eigenvalue weighted by atomic mass is 19.4. The molecule has 1 saturated carbocycles. The molecule has 1 fully saturated rings. The second kappa shape index (κ2) is 7.16. The molecule has 0 aromatic heterocycles. The Morgan fingerprint density at radius 2 is 2.00 bits per heavy atom. The standard InChI is InChI=1S/C16H22F3NO/c1-2-21-15-9-4-3-6-12(15)11-20-14-8-5-7-13(10-14)16(17,18)19/h3-4,6,9,13-14,20H,2,5,7-8,10-11H2,1H3. The molecule has 2 nitrogen and oxygen atoms in total. The van der Waals surface area contributed by atoms with Crippen LogP contribution in [0.5, 0.6) is 5.75 Å². The molecule has 118 valence electrons. The molecule has 1 aliphatic rings. The number of halogens is 3. The maximum Gasteiger partial charge on any atom is 0.391 e. The van der Waals surface area contributed by atoms with Gasteiger partial charge >= 0.3 is 6.18 Å². The number of hydrogen-bond acceptors (Lipinski definition) is 2. The molecule has 21 heavy (non-hydrogen) atoms. The van der Waals surface area contributed by atoms with Crippen molar-refractivity contribution in [2.24, 2.45) is 5.92 Å². The lowest BCUT2D eigenvalue weighted by atomic mass is 9.85. The van der Waals surface area contributed by atoms with E-state index in [1.807, 2.05) is 31.2 Å². The first-order valence-corrected chi connectivity index (χ1v) is 7.51. The Bertz CT molecular complexity index is 447. The predicted molar refractivity (Wildman–Crippen MR) is 76.3 cm³/mol. The van der Waals surface area contributed by atoms with E-state index in [1.54, 1.807) is 0 Å². The molecule has 1 aromatic rings. The maximum atomic E-state index is 12.8. The number of alkyl halides is 3. The molecule has 0 amide bonds. The quantitative estimate of drug-likeness (QED) is 0.875. The SMILES string of the molecule is CCOc1ccccc1CNC1CCCC(C(F)(F)F)C1. The molecule has 0 heterocycles. The molecule has 0 aliphatic heterocycles. The molecule has 5 heteroatoms. The summed E-state index contributed by atoms with van der Waals surface area (Å²) in [4.78, 5) is 0. The normalized spacial score (nSPS) is 23.0. The van der Waals surface area contributed by atoms with Crippen molar-refractivity contribution in [3.8, 4) is 5.75 Å². The van der Waals surface area contributed by atoms with Crippen molar-refractivity contribution in [2.75, 3.05) is 6.61 Å². The molecule has 1 aliphatic carbocycles. The van der Waals surface area contributed by atoms with Crippen LogP contribution in [-0.2, 0) is 6.54 Å². The van der Waals surface area contributed by atoms with Gasteiger partial charge in [-0.25, -0.2) is 0 Å². The summed E-state index contributed by atoms with van der Waals surface area (Å²) in [5.41, 5.74) is 0.994. The summed E-state index contributed by atoms with van der Waals surface area (Å²) < 4.78 is 43.9. The van der Waals surface area contributed by atoms with Gasteiger partial charge in [0.25, 0.3) is 0 Å². The van der Waals surface area contributed by atoms with Crippen LogP contribution in [0.4, 0.5) is 13.2 Å². The summed E-state index contributed by atoms with van der Waals surface area (Å²) in [7, 11) is 0. The van der Waals surface area contributed by atoms with E-state index < -0.39 is 12.1 Å². The van der Waals surface area contributed by atoms with E-state index in [1.165, 1.54) is 0 Å². The fourth-order valence-electron chi connectivity index (χ4n) is 2.87. The van der Waals surface area contributed by atoms with Gasteiger partial charge in [0, 0.05) is 18.2 Å². The van der Waals surface area contributed by atoms with Crippen molar-refractivity contribution in [3.05, 3.63) is 29.8 Å². The second-order valence-electron chi connectivity index (χ2n) is 5.52. The van der Waals surface area contributed by atoms with Crippen molar-refractivity contribution in [3.63, 3.8) is 0 Å². The molecular formula is C16H22F3NO. The lowest BCUT2D eigenvalue weighted by Crippen LogP contribution is -2.38. The van der Waals surface area contributed by atoms with Crippen LogP contribution in [0.15, 0.2) is 24.3 Å². The number of ether oxygens (including phenoxy) is 1. The topological polar surface area (TPSA) is 21.3 Å². The Kier molecular flexibility index (Phi) is 5.51. The third kappa shape index (κ3) is 4.63. The Labute approximate surface area is 123 Å². The Balaban J connectivity index is 1.91. The highest BCUT2D eigenvalue weighted by Crippen LogP contribution is 2.37. The van der Waals surface area contributed by atoms with Gasteiger partial charge in [0.05, 0.1) is 12.5 Å². The first-order chi connectivity index (χ1) is 10.0. The van der Waals surface area contributed by atoms with Crippen molar-refractivity contribution in [1.29, 1.82) is 0 Å². The van der Waals surface area contributed by atoms with Crippen LogP contribution < -0.4 is 10.1 Å². The zero-order valence-corrected chi connectivity index (χ0v) is 12.2. The van der Waals surface area contributed by atoms with Crippen LogP contribution >= 0.6 is 0 Å². The minimum atomic E-state index is -4.07. The average molecular weight is 301 g/mol. The van der Waals surface area contributed by atoms with E-state index >= 15 is 0 Å². The molecule has 0 radical (unpaired) electrons. The predicted octanol–water partition coefficient (Wildman–Crippen LogP) is 4.30. The van der Waals surface area contributed by atoms with E-state index in [-0.39, 0.29) is 18.9 Å². The van der Waals surface area contributed by atoms with Gasteiger partial charge in [-0.05, 0) is 32.3 Å². The van der Waals surface area contributed by atoms with Crippen LogP contribution in [0.1, 0.15) is 38.2 Å². The molecule has 1 N–H and O–H groups in total. The lowest BCUT2D eigenvalue weighted by Gasteiger charge is -2.31. The maximum absolute atomic E-state index is 12.8. The van der Waals surface area contributed by atoms with Gasteiger partial charge in [0.1, 0.15) is 5.75 Å². The van der Waals surface area contributed by atoms with Gasteiger partial charge < -0.3 is 10.1 Å². The van der Waals surface area contributed by atoms with Crippen molar-refractivity contribution in [1.82, 2.24) is 5.32 Å². The van der Waals surface area contributed by atoms with E-state index in [0.29, 0.717) is 19.6 Å². The summed E-state index contributed by atoms with van der Waals surface area (Å²) in [6.07, 6.45) is -2.18. The molecule has 1 aromatic carbocycles. The van der Waals surface area contributed by atoms with Crippen LogP contribution in [0.2, 0.25) is 0 Å². The van der Waals surface area contributed by atoms with Gasteiger partial charge in [-0.1, -0.05) is 24.6 Å². The van der Waals surface area contributed by atoms with Crippen LogP contribution in [0, 0.1) is 5.92 Å². The number of para-hydroxylation sites is 1. The van der Waals surface area contributed by atoms with Crippen LogP contribution in [-0.4, -0.2) is 18.8 Å². The van der Waals surface area contributed by atoms with E-state index in [9.17, 15) is 13.2 Å². The zero-order valence-electron chi connectivity index (χ0n) is 12.2. The van der Waals surface area contributed by atoms with Gasteiger partial charge in [0.15, 0.2) is 0 Å². The highest BCUT2D eigenvalue weighted by molar-refractivity contribution is 5.33. The second-order valence-corrected chi connectivity index (χ2v) is 5.52. The number of nitrogens with one attached hydrogen (secondary N) is 1. The lowest BCUT2D eigenvalue weighted by molar-refractivity contribution is -0.183. The van der Waals surface area contributed by atoms with Gasteiger partial charge in [0.2, 0.25) is 0 Å². The molecule has 2 unspecified atom stereocenters. The first kappa shape index (κ1) is 16.1. The number of benzene rings is 1. The highest BCUT2D eigenvalue weighted by Gasteiger charge is 2.41. The Hall–Kier alpha value is -1.23. The fraction of sp³-hybridized carbons (Fsp3) is 0.625. The van der Waals surface area contributed by atoms with Crippen molar-refractivity contribution < 1.29 is 17.9 Å².